The van der Waals surface area contributed by atoms with Crippen LogP contribution >= 0.6 is 11.8 Å². The molecule has 0 saturated heterocycles. The normalized spacial score (nSPS) is 10.6. The number of benzene rings is 1. The number of nitrogens with zero attached hydrogens (tertiary/aromatic N) is 3. The molecule has 1 amide bonds. The average molecular weight is 324 g/mol. The molecule has 0 aliphatic rings. The van der Waals surface area contributed by atoms with Gasteiger partial charge in [-0.1, -0.05) is 23.9 Å². The fraction of sp³-hybridized carbons (Fsp3) is 0.214. The van der Waals surface area contributed by atoms with Gasteiger partial charge in [0.25, 0.3) is 11.7 Å². The number of carbonyl (C=O) groups is 1. The first kappa shape index (κ1) is 16.2. The molecule has 5 nitrogen and oxygen atoms in total. The van der Waals surface area contributed by atoms with E-state index >= 15 is 0 Å². The Hall–Kier alpha value is -2.22. The lowest BCUT2D eigenvalue weighted by atomic mass is 10.2. The molecular weight excluding hydrogens is 310 g/mol. The number of hydrogen-bond acceptors (Lipinski definition) is 5. The fourth-order valence-corrected chi connectivity index (χ4v) is 2.30. The van der Waals surface area contributed by atoms with Gasteiger partial charge in [-0.25, -0.2) is 9.97 Å². The highest BCUT2D eigenvalue weighted by molar-refractivity contribution is 7.99. The number of alkyl halides is 2. The van der Waals surface area contributed by atoms with Crippen LogP contribution in [0.1, 0.15) is 10.4 Å². The van der Waals surface area contributed by atoms with E-state index < -0.39 is 11.7 Å². The lowest BCUT2D eigenvalue weighted by Crippen LogP contribution is -2.15. The zero-order chi connectivity index (χ0) is 16.1. The second kappa shape index (κ2) is 7.17. The molecular formula is C14H14F2N4OS. The zero-order valence-electron chi connectivity index (χ0n) is 12.0. The minimum atomic E-state index is -2.59. The van der Waals surface area contributed by atoms with Crippen LogP contribution in [-0.2, 0) is 0 Å². The van der Waals surface area contributed by atoms with Crippen LogP contribution in [0.4, 0.5) is 20.4 Å². The van der Waals surface area contributed by atoms with Gasteiger partial charge in [0.05, 0.1) is 23.6 Å². The lowest BCUT2D eigenvalue weighted by Gasteiger charge is -2.11. The second-order valence-corrected chi connectivity index (χ2v) is 5.53. The van der Waals surface area contributed by atoms with Crippen LogP contribution in [0.5, 0.6) is 0 Å². The average Bonchev–Trinajstić information content (AvgIpc) is 2.47. The predicted octanol–water partition coefficient (Wildman–Crippen LogP) is 3.11. The van der Waals surface area contributed by atoms with Crippen molar-refractivity contribution >= 4 is 29.3 Å². The molecule has 2 rings (SSSR count). The number of nitrogens with one attached hydrogen (secondary N) is 1. The highest BCUT2D eigenvalue weighted by Gasteiger charge is 2.15. The van der Waals surface area contributed by atoms with E-state index in [0.717, 1.165) is 0 Å². The van der Waals surface area contributed by atoms with Gasteiger partial charge in [0, 0.05) is 19.0 Å². The molecule has 116 valence electrons. The summed E-state index contributed by atoms with van der Waals surface area (Å²) in [6.45, 7) is 0. The van der Waals surface area contributed by atoms with Crippen molar-refractivity contribution in [3.8, 4) is 0 Å². The number of carbonyl (C=O) groups excluding carboxylic acids is 1. The Morgan fingerprint density at radius 2 is 1.86 bits per heavy atom. The Balaban J connectivity index is 2.15. The van der Waals surface area contributed by atoms with E-state index in [1.165, 1.54) is 24.5 Å². The third-order valence-corrected chi connectivity index (χ3v) is 3.43. The maximum Gasteiger partial charge on any atom is 0.288 e. The molecule has 0 aliphatic heterocycles. The Bertz CT molecular complexity index is 650. The molecule has 0 bridgehead atoms. The van der Waals surface area contributed by atoms with Crippen molar-refractivity contribution in [2.75, 3.05) is 24.3 Å². The van der Waals surface area contributed by atoms with Crippen molar-refractivity contribution in [2.24, 2.45) is 0 Å². The van der Waals surface area contributed by atoms with Crippen molar-refractivity contribution in [1.29, 1.82) is 0 Å². The van der Waals surface area contributed by atoms with Crippen molar-refractivity contribution < 1.29 is 13.6 Å². The molecule has 2 aromatic rings. The maximum absolute atomic E-state index is 12.5. The van der Waals surface area contributed by atoms with E-state index in [0.29, 0.717) is 23.4 Å². The molecule has 1 aromatic carbocycles. The Kier molecular flexibility index (Phi) is 5.26. The van der Waals surface area contributed by atoms with Crippen LogP contribution in [0.25, 0.3) is 0 Å². The Morgan fingerprint density at radius 3 is 2.45 bits per heavy atom. The summed E-state index contributed by atoms with van der Waals surface area (Å²) in [6.07, 6.45) is 2.92. The van der Waals surface area contributed by atoms with E-state index in [-0.39, 0.29) is 10.5 Å². The molecule has 0 atom stereocenters. The van der Waals surface area contributed by atoms with Gasteiger partial charge < -0.3 is 10.2 Å². The summed E-state index contributed by atoms with van der Waals surface area (Å²) < 4.78 is 25.0. The summed E-state index contributed by atoms with van der Waals surface area (Å²) in [7, 11) is 3.59. The lowest BCUT2D eigenvalue weighted by molar-refractivity contribution is 0.102. The van der Waals surface area contributed by atoms with Crippen LogP contribution in [-0.4, -0.2) is 35.7 Å². The van der Waals surface area contributed by atoms with Crippen molar-refractivity contribution in [3.05, 3.63) is 42.2 Å². The second-order valence-electron chi connectivity index (χ2n) is 4.49. The Labute approximate surface area is 130 Å². The molecule has 0 fully saturated rings. The molecule has 8 heteroatoms. The minimum Gasteiger partial charge on any atom is -0.347 e. The number of anilines is 2. The fourth-order valence-electron chi connectivity index (χ4n) is 1.67. The van der Waals surface area contributed by atoms with Gasteiger partial charge in [-0.05, 0) is 12.1 Å². The molecule has 1 aromatic heterocycles. The first-order chi connectivity index (χ1) is 10.5. The van der Waals surface area contributed by atoms with Gasteiger partial charge in [0.1, 0.15) is 0 Å². The summed E-state index contributed by atoms with van der Waals surface area (Å²) in [5.74, 6) is -2.56. The molecule has 22 heavy (non-hydrogen) atoms. The first-order valence-corrected chi connectivity index (χ1v) is 7.20. The van der Waals surface area contributed by atoms with Gasteiger partial charge in [0.15, 0.2) is 0 Å². The monoisotopic (exact) mass is 324 g/mol. The minimum absolute atomic E-state index is 0.185. The van der Waals surface area contributed by atoms with Gasteiger partial charge in [-0.2, -0.15) is 8.78 Å². The SMILES string of the molecule is CN(C)c1ncc(NC(=O)c2ccccc2SC(F)F)cn1. The number of thioether (sulfide) groups is 1. The quantitative estimate of drug-likeness (QED) is 0.857. The molecule has 0 spiro atoms. The summed E-state index contributed by atoms with van der Waals surface area (Å²) in [4.78, 5) is 22.3. The predicted molar refractivity (Wildman–Crippen MR) is 82.6 cm³/mol. The van der Waals surface area contributed by atoms with E-state index in [4.69, 9.17) is 0 Å². The molecule has 1 N–H and O–H groups in total. The van der Waals surface area contributed by atoms with Gasteiger partial charge in [-0.3, -0.25) is 4.79 Å². The van der Waals surface area contributed by atoms with Crippen LogP contribution < -0.4 is 10.2 Å². The number of amides is 1. The summed E-state index contributed by atoms with van der Waals surface area (Å²) in [6, 6.07) is 6.21. The Morgan fingerprint density at radius 1 is 1.23 bits per heavy atom. The van der Waals surface area contributed by atoms with Crippen molar-refractivity contribution in [3.63, 3.8) is 0 Å². The summed E-state index contributed by atoms with van der Waals surface area (Å²) in [5.41, 5.74) is 0.580. The summed E-state index contributed by atoms with van der Waals surface area (Å²) in [5, 5.41) is 2.60. The standard InChI is InChI=1S/C14H14F2N4OS/c1-20(2)14-17-7-9(8-18-14)19-12(21)10-5-3-4-6-11(10)22-13(15)16/h3-8,13H,1-2H3,(H,19,21). The smallest absolute Gasteiger partial charge is 0.288 e. The number of hydrogen-bond donors (Lipinski definition) is 1. The van der Waals surface area contributed by atoms with E-state index in [1.54, 1.807) is 31.1 Å². The largest absolute Gasteiger partial charge is 0.347 e. The third kappa shape index (κ3) is 4.14. The molecule has 0 saturated carbocycles. The van der Waals surface area contributed by atoms with E-state index in [2.05, 4.69) is 15.3 Å². The zero-order valence-corrected chi connectivity index (χ0v) is 12.8. The third-order valence-electron chi connectivity index (χ3n) is 2.64. The summed E-state index contributed by atoms with van der Waals surface area (Å²) >= 11 is 0.338. The number of halogens is 2. The molecule has 0 unspecified atom stereocenters. The van der Waals surface area contributed by atoms with E-state index in [1.807, 2.05) is 0 Å². The number of rotatable bonds is 5. The molecule has 0 radical (unpaired) electrons. The number of aromatic nitrogens is 2. The van der Waals surface area contributed by atoms with Crippen LogP contribution in [0.15, 0.2) is 41.6 Å². The van der Waals surface area contributed by atoms with Crippen LogP contribution in [0.3, 0.4) is 0 Å². The van der Waals surface area contributed by atoms with Crippen LogP contribution in [0.2, 0.25) is 0 Å². The van der Waals surface area contributed by atoms with Gasteiger partial charge in [0.2, 0.25) is 5.95 Å². The van der Waals surface area contributed by atoms with E-state index in [9.17, 15) is 13.6 Å². The molecule has 1 heterocycles. The maximum atomic E-state index is 12.5. The molecule has 0 aliphatic carbocycles. The van der Waals surface area contributed by atoms with Crippen molar-refractivity contribution in [2.45, 2.75) is 10.7 Å². The van der Waals surface area contributed by atoms with Gasteiger partial charge in [-0.15, -0.1) is 0 Å². The van der Waals surface area contributed by atoms with Gasteiger partial charge >= 0.3 is 0 Å². The topological polar surface area (TPSA) is 58.1 Å². The van der Waals surface area contributed by atoms with Crippen molar-refractivity contribution in [1.82, 2.24) is 9.97 Å². The highest BCUT2D eigenvalue weighted by atomic mass is 32.2. The van der Waals surface area contributed by atoms with Crippen LogP contribution in [0, 0.1) is 0 Å². The first-order valence-electron chi connectivity index (χ1n) is 6.32. The highest BCUT2D eigenvalue weighted by Crippen LogP contribution is 2.28.